The molecular formula is C61H114N2O28S2. The molecule has 1 amide bonds. The maximum atomic E-state index is 11.9. The van der Waals surface area contributed by atoms with E-state index in [1.54, 1.807) is 27.8 Å². The molecule has 548 valence electrons. The number of hydrogen-bond donors (Lipinski definition) is 2. The number of nitrogens with zero attached hydrogens (tertiary/aromatic N) is 1. The third kappa shape index (κ3) is 78.7. The van der Waals surface area contributed by atoms with Crippen LogP contribution in [0.15, 0.2) is 29.4 Å². The fourth-order valence-electron chi connectivity index (χ4n) is 6.52. The average Bonchev–Trinajstić information content (AvgIpc) is 3.73. The van der Waals surface area contributed by atoms with Gasteiger partial charge in [-0.1, -0.05) is 16.9 Å². The Labute approximate surface area is 559 Å². The third-order valence-corrected chi connectivity index (χ3v) is 13.4. The van der Waals surface area contributed by atoms with Crippen molar-refractivity contribution in [2.24, 2.45) is 0 Å². The summed E-state index contributed by atoms with van der Waals surface area (Å²) in [6.45, 7) is 23.6. The Bertz CT molecular complexity index is 1610. The molecule has 0 aliphatic rings. The van der Waals surface area contributed by atoms with Gasteiger partial charge in [-0.3, -0.25) is 9.59 Å². The minimum atomic E-state index is -0.881. The monoisotopic (exact) mass is 1390 g/mol. The van der Waals surface area contributed by atoms with Crippen LogP contribution in [0.4, 0.5) is 0 Å². The Hall–Kier alpha value is -2.21. The van der Waals surface area contributed by atoms with Crippen LogP contribution in [0.25, 0.3) is 0 Å². The molecule has 0 saturated heterocycles. The number of aromatic nitrogens is 1. The highest BCUT2D eigenvalue weighted by Gasteiger charge is 2.05. The number of carbonyl (C=O) groups excluding carboxylic acids is 1. The van der Waals surface area contributed by atoms with Gasteiger partial charge in [0.05, 0.1) is 337 Å². The van der Waals surface area contributed by atoms with Crippen molar-refractivity contribution in [2.75, 3.05) is 343 Å². The predicted molar refractivity (Wildman–Crippen MR) is 343 cm³/mol. The molecule has 1 aromatic rings. The summed E-state index contributed by atoms with van der Waals surface area (Å²) in [6, 6.07) is 5.77. The number of carboxylic acids is 1. The maximum Gasteiger partial charge on any atom is 0.305 e. The Morgan fingerprint density at radius 3 is 0.688 bits per heavy atom. The van der Waals surface area contributed by atoms with E-state index in [9.17, 15) is 9.59 Å². The van der Waals surface area contributed by atoms with Gasteiger partial charge in [0.2, 0.25) is 5.91 Å². The maximum absolute atomic E-state index is 11.9. The highest BCUT2D eigenvalue weighted by molar-refractivity contribution is 8.76. The normalized spacial score (nSPS) is 11.6. The van der Waals surface area contributed by atoms with Gasteiger partial charge in [-0.2, -0.15) is 0 Å². The van der Waals surface area contributed by atoms with Gasteiger partial charge in [0.15, 0.2) is 0 Å². The van der Waals surface area contributed by atoms with Crippen molar-refractivity contribution in [2.45, 2.75) is 17.9 Å². The lowest BCUT2D eigenvalue weighted by Gasteiger charge is -2.09. The highest BCUT2D eigenvalue weighted by Crippen LogP contribution is 2.29. The summed E-state index contributed by atoms with van der Waals surface area (Å²) in [6.07, 6.45) is 2.20. The molecule has 0 aliphatic carbocycles. The molecule has 2 N–H and O–H groups in total. The van der Waals surface area contributed by atoms with Gasteiger partial charge >= 0.3 is 5.97 Å². The molecule has 0 aromatic carbocycles. The molecule has 0 spiro atoms. The van der Waals surface area contributed by atoms with E-state index in [4.69, 9.17) is 124 Å². The van der Waals surface area contributed by atoms with Crippen molar-refractivity contribution < 1.29 is 133 Å². The Morgan fingerprint density at radius 2 is 0.495 bits per heavy atom. The van der Waals surface area contributed by atoms with Gasteiger partial charge < -0.3 is 129 Å². The number of rotatable bonds is 83. The third-order valence-electron chi connectivity index (χ3n) is 11.2. The van der Waals surface area contributed by atoms with Crippen molar-refractivity contribution in [3.8, 4) is 0 Å². The number of aliphatic carboxylic acids is 1. The molecule has 0 bridgehead atoms. The largest absolute Gasteiger partial charge is 0.481 e. The molecule has 0 aliphatic heterocycles. The SMILES string of the molecule is O=C(O)CCOCCOCCOCCOCCOCCOCCOCCOCCOCCOCCOCCOCCOCCOCCOCCOCCOCCOCCOCCOCCOCCOCCOCCOCCOCCNC(=O)CCSSc1ccccn1. The summed E-state index contributed by atoms with van der Waals surface area (Å²) in [5, 5.41) is 12.3. The molecule has 0 radical (unpaired) electrons. The van der Waals surface area contributed by atoms with Gasteiger partial charge in [-0.25, -0.2) is 4.98 Å². The molecule has 0 saturated carbocycles. The van der Waals surface area contributed by atoms with Crippen LogP contribution in [0.3, 0.4) is 0 Å². The summed E-state index contributed by atoms with van der Waals surface area (Å²) in [4.78, 5) is 26.5. The van der Waals surface area contributed by atoms with Gasteiger partial charge in [0, 0.05) is 24.9 Å². The molecule has 0 fully saturated rings. The van der Waals surface area contributed by atoms with Gasteiger partial charge in [0.1, 0.15) is 5.03 Å². The van der Waals surface area contributed by atoms with E-state index in [-0.39, 0.29) is 18.9 Å². The average molecular weight is 1390 g/mol. The first-order valence-electron chi connectivity index (χ1n) is 32.3. The van der Waals surface area contributed by atoms with Crippen LogP contribution in [0.5, 0.6) is 0 Å². The second-order valence-corrected chi connectivity index (χ2v) is 21.1. The van der Waals surface area contributed by atoms with E-state index in [1.165, 1.54) is 0 Å². The van der Waals surface area contributed by atoms with E-state index >= 15 is 0 Å². The fraction of sp³-hybridized carbons (Fsp3) is 0.885. The molecule has 1 rings (SSSR count). The fourth-order valence-corrected chi connectivity index (χ4v) is 8.39. The number of pyridine rings is 1. The molecular weight excluding hydrogens is 1270 g/mol. The van der Waals surface area contributed by atoms with Crippen molar-refractivity contribution in [1.29, 1.82) is 0 Å². The quantitative estimate of drug-likeness (QED) is 0.0698. The first kappa shape index (κ1) is 88.8. The lowest BCUT2D eigenvalue weighted by molar-refractivity contribution is -0.138. The lowest BCUT2D eigenvalue weighted by atomic mass is 10.4. The van der Waals surface area contributed by atoms with Crippen LogP contribution in [0.1, 0.15) is 12.8 Å². The second-order valence-electron chi connectivity index (χ2n) is 18.6. The van der Waals surface area contributed by atoms with Crippen molar-refractivity contribution in [3.63, 3.8) is 0 Å². The lowest BCUT2D eigenvalue weighted by Crippen LogP contribution is -2.27. The minimum Gasteiger partial charge on any atom is -0.481 e. The van der Waals surface area contributed by atoms with Crippen LogP contribution in [0.2, 0.25) is 0 Å². The first-order valence-corrected chi connectivity index (χ1v) is 34.6. The van der Waals surface area contributed by atoms with Crippen molar-refractivity contribution in [3.05, 3.63) is 24.4 Å². The number of carboxylic acid groups (broad SMARTS) is 1. The Balaban J connectivity index is 1.59. The molecule has 93 heavy (non-hydrogen) atoms. The van der Waals surface area contributed by atoms with Gasteiger partial charge in [-0.15, -0.1) is 0 Å². The topological polar surface area (TPSA) is 310 Å². The number of nitrogens with one attached hydrogen (secondary N) is 1. The van der Waals surface area contributed by atoms with Crippen LogP contribution in [0, 0.1) is 0 Å². The van der Waals surface area contributed by atoms with E-state index < -0.39 is 5.97 Å². The highest BCUT2D eigenvalue weighted by atomic mass is 33.1. The van der Waals surface area contributed by atoms with Crippen LogP contribution >= 0.6 is 21.6 Å². The molecule has 1 aromatic heterocycles. The zero-order valence-corrected chi connectivity index (χ0v) is 56.9. The van der Waals surface area contributed by atoms with Crippen LogP contribution in [-0.2, 0) is 128 Å². The van der Waals surface area contributed by atoms with E-state index in [2.05, 4.69) is 10.3 Å². The summed E-state index contributed by atoms with van der Waals surface area (Å²) in [5.41, 5.74) is 0. The second kappa shape index (κ2) is 80.5. The number of ether oxygens (including phenoxy) is 25. The number of carbonyl (C=O) groups is 2. The van der Waals surface area contributed by atoms with E-state index in [0.29, 0.717) is 342 Å². The summed E-state index contributed by atoms with van der Waals surface area (Å²) < 4.78 is 137. The van der Waals surface area contributed by atoms with Gasteiger partial charge in [-0.05, 0) is 22.9 Å². The molecule has 0 unspecified atom stereocenters. The Kier molecular flexibility index (Phi) is 76.8. The van der Waals surface area contributed by atoms with Crippen molar-refractivity contribution >= 4 is 33.5 Å². The van der Waals surface area contributed by atoms with Crippen molar-refractivity contribution in [1.82, 2.24) is 10.3 Å². The molecule has 0 atom stereocenters. The predicted octanol–water partition coefficient (Wildman–Crippen LogP) is 2.22. The first-order chi connectivity index (χ1) is 46.2. The zero-order chi connectivity index (χ0) is 66.3. The summed E-state index contributed by atoms with van der Waals surface area (Å²) in [5.74, 6) is -0.157. The molecule has 30 nitrogen and oxygen atoms in total. The van der Waals surface area contributed by atoms with E-state index in [0.717, 1.165) is 5.03 Å². The number of amides is 1. The number of hydrogen-bond acceptors (Lipinski definition) is 30. The molecule has 32 heteroatoms. The summed E-state index contributed by atoms with van der Waals surface area (Å²) in [7, 11) is 3.18. The summed E-state index contributed by atoms with van der Waals surface area (Å²) >= 11 is 0. The smallest absolute Gasteiger partial charge is 0.305 e. The van der Waals surface area contributed by atoms with Crippen LogP contribution in [-0.4, -0.2) is 365 Å². The van der Waals surface area contributed by atoms with E-state index in [1.807, 2.05) is 18.2 Å². The molecule has 1 heterocycles. The zero-order valence-electron chi connectivity index (χ0n) is 55.2. The van der Waals surface area contributed by atoms with Crippen LogP contribution < -0.4 is 5.32 Å². The minimum absolute atomic E-state index is 0.00944. The van der Waals surface area contributed by atoms with Gasteiger partial charge in [0.25, 0.3) is 0 Å². The Morgan fingerprint density at radius 1 is 0.290 bits per heavy atom. The standard InChI is InChI=1S/C61H114N2O28S2/c64-59(5-58-92-93-60-3-1-2-6-63-60)62-7-9-68-11-13-70-15-17-72-19-21-74-23-25-76-27-29-78-31-33-80-35-37-82-39-41-84-43-45-86-47-49-88-51-53-90-55-57-91-56-54-89-52-50-87-48-46-85-44-42-83-40-38-81-36-34-79-32-30-77-28-26-75-24-22-73-20-18-71-16-14-69-12-10-67-8-4-61(65)66/h1-3,6H,4-5,7-58H2,(H,62,64)(H,65,66).